The SMILES string of the molecule is c1ccc(-c2ccc(-c3cc(-c4ccccc4)n4c(n3)nc3ccccc34)c3ccccc23)cc1. The molecule has 0 saturated heterocycles. The van der Waals surface area contributed by atoms with E-state index in [9.17, 15) is 0 Å². The Hall–Kier alpha value is -4.76. The van der Waals surface area contributed by atoms with Gasteiger partial charge in [-0.3, -0.25) is 4.40 Å². The Balaban J connectivity index is 1.54. The molecule has 35 heavy (non-hydrogen) atoms. The van der Waals surface area contributed by atoms with Crippen molar-refractivity contribution in [2.75, 3.05) is 0 Å². The fourth-order valence-corrected chi connectivity index (χ4v) is 5.01. The quantitative estimate of drug-likeness (QED) is 0.274. The van der Waals surface area contributed by atoms with Crippen LogP contribution in [0.15, 0.2) is 127 Å². The van der Waals surface area contributed by atoms with Gasteiger partial charge in [0, 0.05) is 5.56 Å². The van der Waals surface area contributed by atoms with Crippen LogP contribution in [-0.4, -0.2) is 14.4 Å². The lowest BCUT2D eigenvalue weighted by atomic mass is 9.93. The van der Waals surface area contributed by atoms with Crippen molar-refractivity contribution in [2.45, 2.75) is 0 Å². The Morgan fingerprint density at radius 1 is 0.486 bits per heavy atom. The molecule has 7 aromatic rings. The van der Waals surface area contributed by atoms with E-state index in [1.807, 2.05) is 18.2 Å². The molecule has 7 rings (SSSR count). The van der Waals surface area contributed by atoms with Gasteiger partial charge in [-0.1, -0.05) is 109 Å². The van der Waals surface area contributed by atoms with E-state index in [1.165, 1.54) is 21.9 Å². The summed E-state index contributed by atoms with van der Waals surface area (Å²) in [6.45, 7) is 0. The Labute approximate surface area is 203 Å². The van der Waals surface area contributed by atoms with E-state index < -0.39 is 0 Å². The first-order valence-electron chi connectivity index (χ1n) is 11.8. The van der Waals surface area contributed by atoms with Gasteiger partial charge in [0.1, 0.15) is 0 Å². The molecule has 0 N–H and O–H groups in total. The lowest BCUT2D eigenvalue weighted by Gasteiger charge is -2.14. The van der Waals surface area contributed by atoms with Crippen LogP contribution in [-0.2, 0) is 0 Å². The van der Waals surface area contributed by atoms with Crippen molar-refractivity contribution >= 4 is 27.6 Å². The Morgan fingerprint density at radius 3 is 1.86 bits per heavy atom. The number of para-hydroxylation sites is 2. The second-order valence-corrected chi connectivity index (χ2v) is 8.70. The maximum absolute atomic E-state index is 5.07. The van der Waals surface area contributed by atoms with E-state index in [2.05, 4.69) is 114 Å². The van der Waals surface area contributed by atoms with Gasteiger partial charge in [-0.2, -0.15) is 0 Å². The molecule has 0 radical (unpaired) electrons. The topological polar surface area (TPSA) is 30.2 Å². The number of aromatic nitrogens is 3. The number of hydrogen-bond donors (Lipinski definition) is 0. The van der Waals surface area contributed by atoms with E-state index in [0.29, 0.717) is 5.78 Å². The maximum Gasteiger partial charge on any atom is 0.235 e. The van der Waals surface area contributed by atoms with Crippen LogP contribution in [0.25, 0.3) is 61.2 Å². The molecule has 0 spiro atoms. The molecule has 0 aliphatic heterocycles. The van der Waals surface area contributed by atoms with Crippen LogP contribution in [0, 0.1) is 0 Å². The van der Waals surface area contributed by atoms with Crippen LogP contribution in [0.4, 0.5) is 0 Å². The van der Waals surface area contributed by atoms with Gasteiger partial charge in [-0.15, -0.1) is 0 Å². The second-order valence-electron chi connectivity index (χ2n) is 8.70. The van der Waals surface area contributed by atoms with Gasteiger partial charge in [0.05, 0.1) is 22.4 Å². The summed E-state index contributed by atoms with van der Waals surface area (Å²) in [6, 6.07) is 44.4. The van der Waals surface area contributed by atoms with Crippen molar-refractivity contribution in [1.82, 2.24) is 14.4 Å². The predicted molar refractivity (Wildman–Crippen MR) is 144 cm³/mol. The third-order valence-electron chi connectivity index (χ3n) is 6.63. The molecule has 2 aromatic heterocycles. The number of benzene rings is 5. The highest BCUT2D eigenvalue weighted by Gasteiger charge is 2.16. The van der Waals surface area contributed by atoms with Gasteiger partial charge < -0.3 is 0 Å². The normalized spacial score (nSPS) is 11.4. The minimum absolute atomic E-state index is 0.707. The second kappa shape index (κ2) is 7.93. The molecule has 0 saturated carbocycles. The summed E-state index contributed by atoms with van der Waals surface area (Å²) in [7, 11) is 0. The number of nitrogens with zero attached hydrogens (tertiary/aromatic N) is 3. The van der Waals surface area contributed by atoms with E-state index in [1.54, 1.807) is 0 Å². The van der Waals surface area contributed by atoms with Crippen molar-refractivity contribution < 1.29 is 0 Å². The molecular weight excluding hydrogens is 426 g/mol. The summed E-state index contributed by atoms with van der Waals surface area (Å²) in [5, 5.41) is 2.40. The molecule has 3 heteroatoms. The summed E-state index contributed by atoms with van der Waals surface area (Å²) in [6.07, 6.45) is 0. The van der Waals surface area contributed by atoms with E-state index >= 15 is 0 Å². The minimum Gasteiger partial charge on any atom is -0.276 e. The molecular formula is C32H21N3. The molecule has 0 fully saturated rings. The molecule has 164 valence electrons. The predicted octanol–water partition coefficient (Wildman–Crippen LogP) is 8.04. The standard InChI is InChI=1S/C32H21N3/c1-3-11-22(12-4-1)24-19-20-27(26-16-8-7-15-25(24)26)29-21-31(23-13-5-2-6-14-23)35-30-18-10-9-17-28(30)33-32(35)34-29/h1-21H. The Bertz CT molecular complexity index is 1830. The van der Waals surface area contributed by atoms with E-state index in [-0.39, 0.29) is 0 Å². The van der Waals surface area contributed by atoms with Gasteiger partial charge in [0.2, 0.25) is 5.78 Å². The molecule has 0 aliphatic rings. The van der Waals surface area contributed by atoms with Gasteiger partial charge in [0.15, 0.2) is 0 Å². The summed E-state index contributed by atoms with van der Waals surface area (Å²) in [5.74, 6) is 0.707. The number of imidazole rings is 1. The first-order valence-corrected chi connectivity index (χ1v) is 11.8. The lowest BCUT2D eigenvalue weighted by Crippen LogP contribution is -1.98. The summed E-state index contributed by atoms with van der Waals surface area (Å²) in [5.41, 5.74) is 8.67. The van der Waals surface area contributed by atoms with E-state index in [4.69, 9.17) is 9.97 Å². The fraction of sp³-hybridized carbons (Fsp3) is 0. The molecule has 0 aliphatic carbocycles. The molecule has 0 atom stereocenters. The van der Waals surface area contributed by atoms with Crippen LogP contribution in [0.5, 0.6) is 0 Å². The smallest absolute Gasteiger partial charge is 0.235 e. The lowest BCUT2D eigenvalue weighted by molar-refractivity contribution is 1.14. The molecule has 0 bridgehead atoms. The van der Waals surface area contributed by atoms with Crippen LogP contribution < -0.4 is 0 Å². The maximum atomic E-state index is 5.07. The van der Waals surface area contributed by atoms with Crippen molar-refractivity contribution in [2.24, 2.45) is 0 Å². The zero-order valence-corrected chi connectivity index (χ0v) is 19.0. The highest BCUT2D eigenvalue weighted by Crippen LogP contribution is 2.37. The molecule has 3 nitrogen and oxygen atoms in total. The molecule has 0 amide bonds. The number of fused-ring (bicyclic) bond motifs is 4. The summed E-state index contributed by atoms with van der Waals surface area (Å²) in [4.78, 5) is 9.96. The Kier molecular flexibility index (Phi) is 4.46. The average Bonchev–Trinajstić information content (AvgIpc) is 3.31. The van der Waals surface area contributed by atoms with Crippen molar-refractivity contribution in [1.29, 1.82) is 0 Å². The fourth-order valence-electron chi connectivity index (χ4n) is 5.01. The van der Waals surface area contributed by atoms with E-state index in [0.717, 1.165) is 33.5 Å². The third-order valence-corrected chi connectivity index (χ3v) is 6.63. The minimum atomic E-state index is 0.707. The first-order chi connectivity index (χ1) is 17.4. The van der Waals surface area contributed by atoms with Crippen molar-refractivity contribution in [3.63, 3.8) is 0 Å². The first kappa shape index (κ1) is 19.7. The molecule has 0 unspecified atom stereocenters. The van der Waals surface area contributed by atoms with Gasteiger partial charge in [-0.05, 0) is 45.7 Å². The van der Waals surface area contributed by atoms with Crippen LogP contribution in [0.1, 0.15) is 0 Å². The monoisotopic (exact) mass is 447 g/mol. The Morgan fingerprint density at radius 2 is 1.09 bits per heavy atom. The number of hydrogen-bond acceptors (Lipinski definition) is 2. The van der Waals surface area contributed by atoms with Gasteiger partial charge in [-0.25, -0.2) is 9.97 Å². The largest absolute Gasteiger partial charge is 0.276 e. The van der Waals surface area contributed by atoms with Crippen molar-refractivity contribution in [3.8, 4) is 33.6 Å². The van der Waals surface area contributed by atoms with Gasteiger partial charge >= 0.3 is 0 Å². The highest BCUT2D eigenvalue weighted by atomic mass is 15.1. The zero-order chi connectivity index (χ0) is 23.2. The molecule has 2 heterocycles. The third kappa shape index (κ3) is 3.21. The van der Waals surface area contributed by atoms with Crippen LogP contribution in [0.3, 0.4) is 0 Å². The zero-order valence-electron chi connectivity index (χ0n) is 19.0. The number of rotatable bonds is 3. The van der Waals surface area contributed by atoms with Crippen molar-refractivity contribution in [3.05, 3.63) is 127 Å². The van der Waals surface area contributed by atoms with Crippen LogP contribution in [0.2, 0.25) is 0 Å². The van der Waals surface area contributed by atoms with Crippen LogP contribution >= 0.6 is 0 Å². The highest BCUT2D eigenvalue weighted by molar-refractivity contribution is 6.04. The average molecular weight is 448 g/mol. The summed E-state index contributed by atoms with van der Waals surface area (Å²) >= 11 is 0. The molecule has 5 aromatic carbocycles. The van der Waals surface area contributed by atoms with Gasteiger partial charge in [0.25, 0.3) is 0 Å². The summed E-state index contributed by atoms with van der Waals surface area (Å²) < 4.78 is 2.16.